The highest BCUT2D eigenvalue weighted by Crippen LogP contribution is 2.34. The minimum absolute atomic E-state index is 0. The summed E-state index contributed by atoms with van der Waals surface area (Å²) in [6, 6.07) is 4.28. The van der Waals surface area contributed by atoms with Crippen molar-refractivity contribution in [3.8, 4) is 0 Å². The zero-order valence-electron chi connectivity index (χ0n) is 12.0. The smallest absolute Gasteiger partial charge is 0.132 e. The fourth-order valence-corrected chi connectivity index (χ4v) is 3.68. The molecular formula is C15H22ClN3S. The van der Waals surface area contributed by atoms with Crippen molar-refractivity contribution in [2.45, 2.75) is 43.5 Å². The van der Waals surface area contributed by atoms with Gasteiger partial charge in [0.1, 0.15) is 5.82 Å². The monoisotopic (exact) mass is 311 g/mol. The van der Waals surface area contributed by atoms with Gasteiger partial charge in [0.25, 0.3) is 0 Å². The fraction of sp³-hybridized carbons (Fsp3) is 0.533. The van der Waals surface area contributed by atoms with Crippen LogP contribution in [0.2, 0.25) is 0 Å². The van der Waals surface area contributed by atoms with E-state index in [1.54, 1.807) is 0 Å². The van der Waals surface area contributed by atoms with Gasteiger partial charge in [-0.15, -0.1) is 24.2 Å². The molecule has 0 aromatic carbocycles. The first-order valence-corrected chi connectivity index (χ1v) is 7.92. The predicted molar refractivity (Wildman–Crippen MR) is 87.7 cm³/mol. The molecule has 0 aliphatic heterocycles. The number of aromatic nitrogens is 2. The fourth-order valence-electron chi connectivity index (χ4n) is 2.46. The summed E-state index contributed by atoms with van der Waals surface area (Å²) in [6.07, 6.45) is 8.22. The minimum Gasteiger partial charge on any atom is -0.319 e. The lowest BCUT2D eigenvalue weighted by atomic mass is 9.87. The van der Waals surface area contributed by atoms with Gasteiger partial charge in [0.05, 0.1) is 17.3 Å². The van der Waals surface area contributed by atoms with Crippen LogP contribution >= 0.6 is 24.2 Å². The topological polar surface area (TPSA) is 43.3 Å². The predicted octanol–water partition coefficient (Wildman–Crippen LogP) is 3.84. The SMILES string of the molecule is CC(C)(N)c1ncc2c(SCC3CCC3)cccn12.Cl. The van der Waals surface area contributed by atoms with Crippen molar-refractivity contribution in [1.29, 1.82) is 0 Å². The third-order valence-corrected chi connectivity index (χ3v) is 5.10. The lowest BCUT2D eigenvalue weighted by Gasteiger charge is -2.24. The van der Waals surface area contributed by atoms with Crippen LogP contribution < -0.4 is 5.73 Å². The highest BCUT2D eigenvalue weighted by Gasteiger charge is 2.22. The minimum atomic E-state index is -0.413. The summed E-state index contributed by atoms with van der Waals surface area (Å²) in [7, 11) is 0. The number of hydrogen-bond donors (Lipinski definition) is 1. The molecule has 0 spiro atoms. The Kier molecular flexibility index (Phi) is 4.67. The summed E-state index contributed by atoms with van der Waals surface area (Å²) < 4.78 is 2.13. The summed E-state index contributed by atoms with van der Waals surface area (Å²) in [5.41, 5.74) is 6.95. The summed E-state index contributed by atoms with van der Waals surface area (Å²) in [5, 5.41) is 0. The van der Waals surface area contributed by atoms with Crippen molar-refractivity contribution in [2.24, 2.45) is 11.7 Å². The van der Waals surface area contributed by atoms with Crippen LogP contribution in [0.25, 0.3) is 5.52 Å². The van der Waals surface area contributed by atoms with E-state index in [0.717, 1.165) is 11.7 Å². The van der Waals surface area contributed by atoms with E-state index in [2.05, 4.69) is 27.7 Å². The number of pyridine rings is 1. The van der Waals surface area contributed by atoms with Crippen molar-refractivity contribution >= 4 is 29.7 Å². The molecule has 0 bridgehead atoms. The van der Waals surface area contributed by atoms with E-state index in [1.165, 1.54) is 35.4 Å². The second-order valence-corrected chi connectivity index (χ2v) is 7.10. The standard InChI is InChI=1S/C15H21N3S.ClH/c1-15(2,16)14-17-9-12-13(7-4-8-18(12)14)19-10-11-5-3-6-11;/h4,7-9,11H,3,5-6,10,16H2,1-2H3;1H. The van der Waals surface area contributed by atoms with Crippen molar-refractivity contribution < 1.29 is 0 Å². The zero-order chi connectivity index (χ0) is 13.5. The Balaban J connectivity index is 0.00000147. The molecule has 1 aliphatic rings. The maximum absolute atomic E-state index is 6.18. The summed E-state index contributed by atoms with van der Waals surface area (Å²) in [6.45, 7) is 3.99. The number of fused-ring (bicyclic) bond motifs is 1. The molecule has 1 aliphatic carbocycles. The van der Waals surface area contributed by atoms with Crippen molar-refractivity contribution in [1.82, 2.24) is 9.38 Å². The maximum atomic E-state index is 6.18. The van der Waals surface area contributed by atoms with Crippen LogP contribution in [-0.4, -0.2) is 15.1 Å². The number of thioether (sulfide) groups is 1. The molecule has 5 heteroatoms. The molecule has 2 aromatic rings. The van der Waals surface area contributed by atoms with E-state index in [1.807, 2.05) is 31.8 Å². The van der Waals surface area contributed by atoms with Gasteiger partial charge < -0.3 is 10.1 Å². The number of nitrogens with zero attached hydrogens (tertiary/aromatic N) is 2. The van der Waals surface area contributed by atoms with Gasteiger partial charge in [-0.3, -0.25) is 0 Å². The molecular weight excluding hydrogens is 290 g/mol. The number of rotatable bonds is 4. The molecule has 3 nitrogen and oxygen atoms in total. The molecule has 2 N–H and O–H groups in total. The van der Waals surface area contributed by atoms with Crippen molar-refractivity contribution in [3.63, 3.8) is 0 Å². The molecule has 3 rings (SSSR count). The summed E-state index contributed by atoms with van der Waals surface area (Å²) >= 11 is 1.96. The molecule has 2 aromatic heterocycles. The molecule has 0 radical (unpaired) electrons. The number of hydrogen-bond acceptors (Lipinski definition) is 3. The molecule has 2 heterocycles. The van der Waals surface area contributed by atoms with E-state index in [9.17, 15) is 0 Å². The third kappa shape index (κ3) is 2.97. The van der Waals surface area contributed by atoms with Crippen LogP contribution in [0.4, 0.5) is 0 Å². The zero-order valence-corrected chi connectivity index (χ0v) is 13.6. The van der Waals surface area contributed by atoms with Crippen LogP contribution in [-0.2, 0) is 5.54 Å². The first-order valence-electron chi connectivity index (χ1n) is 6.94. The van der Waals surface area contributed by atoms with Crippen molar-refractivity contribution in [2.75, 3.05) is 5.75 Å². The quantitative estimate of drug-likeness (QED) is 0.872. The Bertz CT molecular complexity index is 584. The average Bonchev–Trinajstić information content (AvgIpc) is 2.70. The van der Waals surface area contributed by atoms with E-state index >= 15 is 0 Å². The second kappa shape index (κ2) is 5.96. The second-order valence-electron chi connectivity index (χ2n) is 6.04. The Morgan fingerprint density at radius 3 is 2.80 bits per heavy atom. The molecule has 0 atom stereocenters. The van der Waals surface area contributed by atoms with Gasteiger partial charge in [0.15, 0.2) is 0 Å². The van der Waals surface area contributed by atoms with Crippen LogP contribution in [0.3, 0.4) is 0 Å². The van der Waals surface area contributed by atoms with E-state index in [0.29, 0.717) is 0 Å². The summed E-state index contributed by atoms with van der Waals surface area (Å²) in [4.78, 5) is 5.83. The van der Waals surface area contributed by atoms with E-state index in [-0.39, 0.29) is 12.4 Å². The Labute approximate surface area is 130 Å². The number of nitrogens with two attached hydrogens (primary N) is 1. The van der Waals surface area contributed by atoms with Crippen LogP contribution in [0.15, 0.2) is 29.4 Å². The van der Waals surface area contributed by atoms with Crippen LogP contribution in [0.1, 0.15) is 38.9 Å². The van der Waals surface area contributed by atoms with Crippen molar-refractivity contribution in [3.05, 3.63) is 30.4 Å². The first-order chi connectivity index (χ1) is 9.05. The molecule has 0 amide bonds. The average molecular weight is 312 g/mol. The van der Waals surface area contributed by atoms with Crippen LogP contribution in [0, 0.1) is 5.92 Å². The van der Waals surface area contributed by atoms with Gasteiger partial charge in [0, 0.05) is 16.8 Å². The highest BCUT2D eigenvalue weighted by atomic mass is 35.5. The largest absolute Gasteiger partial charge is 0.319 e. The number of halogens is 1. The molecule has 1 fully saturated rings. The molecule has 20 heavy (non-hydrogen) atoms. The van der Waals surface area contributed by atoms with Gasteiger partial charge in [-0.05, 0) is 44.7 Å². The van der Waals surface area contributed by atoms with Gasteiger partial charge in [-0.2, -0.15) is 0 Å². The number of imidazole rings is 1. The molecule has 1 saturated carbocycles. The highest BCUT2D eigenvalue weighted by molar-refractivity contribution is 7.99. The molecule has 0 unspecified atom stereocenters. The molecule has 110 valence electrons. The lowest BCUT2D eigenvalue weighted by molar-refractivity contribution is 0.353. The summed E-state index contributed by atoms with van der Waals surface area (Å²) in [5.74, 6) is 3.07. The maximum Gasteiger partial charge on any atom is 0.132 e. The van der Waals surface area contributed by atoms with Gasteiger partial charge in [-0.25, -0.2) is 4.98 Å². The van der Waals surface area contributed by atoms with Gasteiger partial charge in [0.2, 0.25) is 0 Å². The Morgan fingerprint density at radius 2 is 2.20 bits per heavy atom. The van der Waals surface area contributed by atoms with E-state index in [4.69, 9.17) is 5.73 Å². The first kappa shape index (κ1) is 15.7. The Morgan fingerprint density at radius 1 is 1.45 bits per heavy atom. The normalized spacial score (nSPS) is 15.9. The third-order valence-electron chi connectivity index (χ3n) is 3.81. The van der Waals surface area contributed by atoms with Gasteiger partial charge in [-0.1, -0.05) is 6.42 Å². The van der Waals surface area contributed by atoms with Gasteiger partial charge >= 0.3 is 0 Å². The molecule has 0 saturated heterocycles. The Hall–Kier alpha value is -0.710. The van der Waals surface area contributed by atoms with E-state index < -0.39 is 5.54 Å². The van der Waals surface area contributed by atoms with Crippen LogP contribution in [0.5, 0.6) is 0 Å². The lowest BCUT2D eigenvalue weighted by Crippen LogP contribution is -2.31.